The molecule has 2 rings (SSSR count). The Bertz CT molecular complexity index is 861. The van der Waals surface area contributed by atoms with Crippen LogP contribution in [0.3, 0.4) is 0 Å². The second kappa shape index (κ2) is 12.8. The van der Waals surface area contributed by atoms with Crippen molar-refractivity contribution in [2.45, 2.75) is 46.6 Å². The Kier molecular flexibility index (Phi) is 10.2. The number of hydrogen-bond acceptors (Lipinski definition) is 5. The summed E-state index contributed by atoms with van der Waals surface area (Å²) in [7, 11) is 0. The molecule has 1 N–H and O–H groups in total. The van der Waals surface area contributed by atoms with Crippen molar-refractivity contribution in [1.82, 2.24) is 4.90 Å². The summed E-state index contributed by atoms with van der Waals surface area (Å²) in [5, 5.41) is 9.23. The van der Waals surface area contributed by atoms with Gasteiger partial charge in [-0.25, -0.2) is 9.59 Å². The molecule has 1 unspecified atom stereocenters. The molecule has 0 bridgehead atoms. The number of hydrogen-bond donors (Lipinski definition) is 1. The molecule has 0 saturated heterocycles. The molecular formula is C26H35NO6. The average Bonchev–Trinajstić information content (AvgIpc) is 2.76. The van der Waals surface area contributed by atoms with Crippen molar-refractivity contribution in [2.24, 2.45) is 5.41 Å². The molecule has 2 aromatic carbocycles. The minimum atomic E-state index is -0.977. The van der Waals surface area contributed by atoms with E-state index >= 15 is 0 Å². The Morgan fingerprint density at radius 2 is 1.64 bits per heavy atom. The summed E-state index contributed by atoms with van der Waals surface area (Å²) >= 11 is 0. The van der Waals surface area contributed by atoms with Gasteiger partial charge in [-0.3, -0.25) is 0 Å². The lowest BCUT2D eigenvalue weighted by atomic mass is 9.92. The van der Waals surface area contributed by atoms with Crippen LogP contribution in [0.15, 0.2) is 54.6 Å². The van der Waals surface area contributed by atoms with Crippen LogP contribution in [0.2, 0.25) is 0 Å². The van der Waals surface area contributed by atoms with Gasteiger partial charge in [-0.05, 0) is 48.6 Å². The van der Waals surface area contributed by atoms with Crippen LogP contribution >= 0.6 is 0 Å². The highest BCUT2D eigenvalue weighted by molar-refractivity contribution is 5.72. The van der Waals surface area contributed by atoms with Gasteiger partial charge in [0, 0.05) is 19.6 Å². The zero-order valence-corrected chi connectivity index (χ0v) is 20.0. The lowest BCUT2D eigenvalue weighted by molar-refractivity contribution is -0.149. The molecule has 0 radical (unpaired) electrons. The van der Waals surface area contributed by atoms with Crippen LogP contribution in [0.4, 0.5) is 4.79 Å². The molecule has 0 aliphatic heterocycles. The molecule has 0 aliphatic carbocycles. The van der Waals surface area contributed by atoms with Crippen LogP contribution < -0.4 is 9.47 Å². The highest BCUT2D eigenvalue weighted by Crippen LogP contribution is 2.20. The van der Waals surface area contributed by atoms with Crippen molar-refractivity contribution in [1.29, 1.82) is 0 Å². The first kappa shape index (κ1) is 26.2. The SMILES string of the molecule is CCOC(Cc1ccc(OCCN(CCC(C)(C)C)C(=O)Oc2ccccc2)cc1)C(=O)O. The number of aliphatic carboxylic acids is 1. The topological polar surface area (TPSA) is 85.3 Å². The number of carboxylic acid groups (broad SMARTS) is 1. The number of para-hydroxylation sites is 1. The normalized spacial score (nSPS) is 12.1. The summed E-state index contributed by atoms with van der Waals surface area (Å²) in [4.78, 5) is 25.6. The molecule has 2 aromatic rings. The Balaban J connectivity index is 1.92. The number of amides is 1. The van der Waals surface area contributed by atoms with E-state index in [1.807, 2.05) is 30.3 Å². The molecule has 1 amide bonds. The van der Waals surface area contributed by atoms with E-state index < -0.39 is 18.2 Å². The van der Waals surface area contributed by atoms with Crippen molar-refractivity contribution in [3.63, 3.8) is 0 Å². The van der Waals surface area contributed by atoms with Gasteiger partial charge in [0.1, 0.15) is 18.1 Å². The number of carbonyl (C=O) groups is 2. The van der Waals surface area contributed by atoms with Gasteiger partial charge < -0.3 is 24.2 Å². The van der Waals surface area contributed by atoms with Crippen molar-refractivity contribution < 1.29 is 28.9 Å². The molecule has 0 heterocycles. The molecule has 0 aromatic heterocycles. The molecule has 0 spiro atoms. The number of rotatable bonds is 12. The summed E-state index contributed by atoms with van der Waals surface area (Å²) in [6.45, 7) is 9.76. The van der Waals surface area contributed by atoms with Crippen molar-refractivity contribution in [2.75, 3.05) is 26.3 Å². The van der Waals surface area contributed by atoms with Crippen LogP contribution in [0, 0.1) is 5.41 Å². The number of benzene rings is 2. The third-order valence-corrected chi connectivity index (χ3v) is 4.96. The third-order valence-electron chi connectivity index (χ3n) is 4.96. The van der Waals surface area contributed by atoms with Crippen molar-refractivity contribution in [3.8, 4) is 11.5 Å². The van der Waals surface area contributed by atoms with E-state index in [-0.39, 0.29) is 11.8 Å². The number of carbonyl (C=O) groups excluding carboxylic acids is 1. The minimum Gasteiger partial charge on any atom is -0.492 e. The molecule has 0 saturated carbocycles. The fourth-order valence-electron chi connectivity index (χ4n) is 3.05. The Hall–Kier alpha value is -3.06. The zero-order valence-electron chi connectivity index (χ0n) is 20.0. The van der Waals surface area contributed by atoms with Crippen molar-refractivity contribution >= 4 is 12.1 Å². The molecule has 0 aliphatic rings. The van der Waals surface area contributed by atoms with E-state index in [4.69, 9.17) is 14.2 Å². The number of nitrogens with zero attached hydrogens (tertiary/aromatic N) is 1. The summed E-state index contributed by atoms with van der Waals surface area (Å²) in [5.41, 5.74) is 0.929. The molecule has 7 nitrogen and oxygen atoms in total. The summed E-state index contributed by atoms with van der Waals surface area (Å²) in [5.74, 6) is 0.177. The molecule has 33 heavy (non-hydrogen) atoms. The van der Waals surface area contributed by atoms with Gasteiger partial charge >= 0.3 is 12.1 Å². The van der Waals surface area contributed by atoms with Gasteiger partial charge in [0.05, 0.1) is 6.54 Å². The lowest BCUT2D eigenvalue weighted by Gasteiger charge is -2.26. The summed E-state index contributed by atoms with van der Waals surface area (Å²) in [6.07, 6.45) is -0.153. The summed E-state index contributed by atoms with van der Waals surface area (Å²) < 4.78 is 16.6. The predicted molar refractivity (Wildman–Crippen MR) is 127 cm³/mol. The Morgan fingerprint density at radius 1 is 0.970 bits per heavy atom. The zero-order chi connectivity index (χ0) is 24.3. The van der Waals surface area contributed by atoms with Gasteiger partial charge in [0.25, 0.3) is 0 Å². The van der Waals surface area contributed by atoms with E-state index in [1.165, 1.54) is 0 Å². The van der Waals surface area contributed by atoms with Crippen LogP contribution in [-0.2, 0) is 16.0 Å². The lowest BCUT2D eigenvalue weighted by Crippen LogP contribution is -2.38. The minimum absolute atomic E-state index is 0.0806. The fraction of sp³-hybridized carbons (Fsp3) is 0.462. The van der Waals surface area contributed by atoms with E-state index in [2.05, 4.69) is 20.8 Å². The van der Waals surface area contributed by atoms with E-state index in [1.54, 1.807) is 36.1 Å². The standard InChI is InChI=1S/C26H35NO6/c1-5-31-23(24(28)29)19-20-11-13-21(14-12-20)32-18-17-27(16-15-26(2,3)4)25(30)33-22-9-7-6-8-10-22/h6-14,23H,5,15-19H2,1-4H3,(H,28,29). The molecular weight excluding hydrogens is 422 g/mol. The second-order valence-corrected chi connectivity index (χ2v) is 8.96. The largest absolute Gasteiger partial charge is 0.492 e. The smallest absolute Gasteiger partial charge is 0.415 e. The first-order valence-corrected chi connectivity index (χ1v) is 11.3. The molecule has 180 valence electrons. The average molecular weight is 458 g/mol. The van der Waals surface area contributed by atoms with Gasteiger partial charge in [-0.2, -0.15) is 0 Å². The molecule has 0 fully saturated rings. The van der Waals surface area contributed by atoms with Crippen LogP contribution in [0.5, 0.6) is 11.5 Å². The maximum absolute atomic E-state index is 12.7. The van der Waals surface area contributed by atoms with Gasteiger partial charge in [0.15, 0.2) is 6.10 Å². The fourth-order valence-corrected chi connectivity index (χ4v) is 3.05. The van der Waals surface area contributed by atoms with Gasteiger partial charge in [-0.15, -0.1) is 0 Å². The van der Waals surface area contributed by atoms with E-state index in [0.717, 1.165) is 12.0 Å². The van der Waals surface area contributed by atoms with Crippen LogP contribution in [0.1, 0.15) is 39.7 Å². The quantitative estimate of drug-likeness (QED) is 0.481. The highest BCUT2D eigenvalue weighted by Gasteiger charge is 2.20. The highest BCUT2D eigenvalue weighted by atomic mass is 16.6. The number of ether oxygens (including phenoxy) is 3. The first-order chi connectivity index (χ1) is 15.7. The third kappa shape index (κ3) is 9.95. The maximum Gasteiger partial charge on any atom is 0.415 e. The maximum atomic E-state index is 12.7. The van der Waals surface area contributed by atoms with E-state index in [9.17, 15) is 14.7 Å². The number of carboxylic acids is 1. The Labute approximate surface area is 196 Å². The van der Waals surface area contributed by atoms with Crippen LogP contribution in [0.25, 0.3) is 0 Å². The molecule has 1 atom stereocenters. The van der Waals surface area contributed by atoms with Crippen molar-refractivity contribution in [3.05, 3.63) is 60.2 Å². The van der Waals surface area contributed by atoms with E-state index in [0.29, 0.717) is 37.8 Å². The van der Waals surface area contributed by atoms with Gasteiger partial charge in [-0.1, -0.05) is 51.1 Å². The monoisotopic (exact) mass is 457 g/mol. The summed E-state index contributed by atoms with van der Waals surface area (Å²) in [6, 6.07) is 16.2. The second-order valence-electron chi connectivity index (χ2n) is 8.96. The van der Waals surface area contributed by atoms with Crippen LogP contribution in [-0.4, -0.2) is 54.5 Å². The molecule has 7 heteroatoms. The van der Waals surface area contributed by atoms with Gasteiger partial charge in [0.2, 0.25) is 0 Å². The predicted octanol–water partition coefficient (Wildman–Crippen LogP) is 5.03. The first-order valence-electron chi connectivity index (χ1n) is 11.3. The Morgan fingerprint density at radius 3 is 2.21 bits per heavy atom.